The molecule has 0 amide bonds. The average Bonchev–Trinajstić information content (AvgIpc) is 1.65. The van der Waals surface area contributed by atoms with Crippen molar-refractivity contribution in [3.05, 3.63) is 12.6 Å². The fourth-order valence-electron chi connectivity index (χ4n) is 0.0962. The standard InChI is InChI=1S/C3H6BO2.Li/c1-3-4(5)6-2;/h3H,1H2,2H3;/q-1;+1. The minimum absolute atomic E-state index is 0. The first-order chi connectivity index (χ1) is 2.81. The van der Waals surface area contributed by atoms with Crippen molar-refractivity contribution in [3.63, 3.8) is 0 Å². The van der Waals surface area contributed by atoms with Crippen LogP contribution in [0.5, 0.6) is 0 Å². The number of rotatable bonds is 2. The van der Waals surface area contributed by atoms with Crippen LogP contribution < -0.4 is 23.9 Å². The van der Waals surface area contributed by atoms with E-state index in [1.54, 1.807) is 0 Å². The van der Waals surface area contributed by atoms with Crippen molar-refractivity contribution < 1.29 is 28.5 Å². The molecule has 34 valence electrons. The van der Waals surface area contributed by atoms with Crippen LogP contribution in [0.1, 0.15) is 0 Å². The van der Waals surface area contributed by atoms with Gasteiger partial charge in [0.15, 0.2) is 0 Å². The van der Waals surface area contributed by atoms with Crippen LogP contribution in [-0.2, 0) is 4.65 Å². The Hall–Kier alpha value is 0.322. The molecule has 4 heteroatoms. The predicted octanol–water partition coefficient (Wildman–Crippen LogP) is -3.79. The van der Waals surface area contributed by atoms with Gasteiger partial charge in [-0.3, -0.25) is 0 Å². The second-order valence-corrected chi connectivity index (χ2v) is 0.840. The maximum absolute atomic E-state index is 9.92. The molecule has 0 atom stereocenters. The summed E-state index contributed by atoms with van der Waals surface area (Å²) in [6, 6.07) is 0. The van der Waals surface area contributed by atoms with E-state index in [1.165, 1.54) is 13.1 Å². The monoisotopic (exact) mass is 92.1 g/mol. The van der Waals surface area contributed by atoms with Gasteiger partial charge in [-0.25, -0.2) is 0 Å². The van der Waals surface area contributed by atoms with E-state index in [2.05, 4.69) is 11.2 Å². The molecule has 0 fully saturated rings. The maximum Gasteiger partial charge on any atom is 1.00 e. The van der Waals surface area contributed by atoms with Crippen LogP contribution >= 0.6 is 0 Å². The Morgan fingerprint density at radius 1 is 1.86 bits per heavy atom. The first-order valence-corrected chi connectivity index (χ1v) is 1.62. The normalized spacial score (nSPS) is 6.57. The molecule has 0 bridgehead atoms. The van der Waals surface area contributed by atoms with E-state index >= 15 is 0 Å². The van der Waals surface area contributed by atoms with Crippen molar-refractivity contribution in [1.82, 2.24) is 0 Å². The molecule has 0 aliphatic carbocycles. The van der Waals surface area contributed by atoms with Crippen molar-refractivity contribution in [2.24, 2.45) is 0 Å². The zero-order chi connectivity index (χ0) is 4.99. The summed E-state index contributed by atoms with van der Waals surface area (Å²) in [5.41, 5.74) is 0. The van der Waals surface area contributed by atoms with E-state index in [0.717, 1.165) is 0 Å². The van der Waals surface area contributed by atoms with E-state index in [-0.39, 0.29) is 18.9 Å². The third-order valence-electron chi connectivity index (χ3n) is 0.425. The first kappa shape index (κ1) is 10.3. The molecule has 0 unspecified atom stereocenters. The van der Waals surface area contributed by atoms with Crippen LogP contribution in [-0.4, -0.2) is 14.2 Å². The van der Waals surface area contributed by atoms with Crippen molar-refractivity contribution in [1.29, 1.82) is 0 Å². The van der Waals surface area contributed by atoms with Crippen LogP contribution in [0.3, 0.4) is 0 Å². The Morgan fingerprint density at radius 3 is 2.29 bits per heavy atom. The van der Waals surface area contributed by atoms with Gasteiger partial charge >= 0.3 is 18.9 Å². The molecule has 0 rings (SSSR count). The van der Waals surface area contributed by atoms with E-state index in [4.69, 9.17) is 0 Å². The fraction of sp³-hybridized carbons (Fsp3) is 0.333. The van der Waals surface area contributed by atoms with Gasteiger partial charge in [0.2, 0.25) is 7.12 Å². The number of hydrogen-bond acceptors (Lipinski definition) is 2. The molecular formula is C3H6BLiO2. The van der Waals surface area contributed by atoms with Gasteiger partial charge in [-0.15, -0.1) is 12.6 Å². The Labute approximate surface area is 55.9 Å². The van der Waals surface area contributed by atoms with Gasteiger partial charge in [-0.1, -0.05) is 0 Å². The topological polar surface area (TPSA) is 32.3 Å². The van der Waals surface area contributed by atoms with Crippen molar-refractivity contribution in [3.8, 4) is 0 Å². The van der Waals surface area contributed by atoms with E-state index in [0.29, 0.717) is 0 Å². The molecule has 0 radical (unpaired) electrons. The summed E-state index contributed by atoms with van der Waals surface area (Å²) in [5, 5.41) is 9.92. The third kappa shape index (κ3) is 6.32. The van der Waals surface area contributed by atoms with Gasteiger partial charge in [0.1, 0.15) is 0 Å². The molecule has 0 heterocycles. The molecule has 0 aliphatic heterocycles. The number of hydrogen-bond donors (Lipinski definition) is 0. The van der Waals surface area contributed by atoms with Crippen LogP contribution in [0.25, 0.3) is 0 Å². The zero-order valence-corrected chi connectivity index (χ0v) is 4.68. The molecule has 2 nitrogen and oxygen atoms in total. The average molecular weight is 91.8 g/mol. The summed E-state index contributed by atoms with van der Waals surface area (Å²) < 4.78 is 4.23. The van der Waals surface area contributed by atoms with Crippen LogP contribution in [0.15, 0.2) is 12.6 Å². The second-order valence-electron chi connectivity index (χ2n) is 0.840. The Kier molecular flexibility index (Phi) is 9.33. The van der Waals surface area contributed by atoms with Gasteiger partial charge < -0.3 is 9.68 Å². The maximum atomic E-state index is 9.92. The largest absolute Gasteiger partial charge is 1.00 e. The molecule has 0 aromatic heterocycles. The molecule has 0 N–H and O–H groups in total. The quantitative estimate of drug-likeness (QED) is 0.327. The summed E-state index contributed by atoms with van der Waals surface area (Å²) in [7, 11) is 0.296. The molecule has 7 heavy (non-hydrogen) atoms. The summed E-state index contributed by atoms with van der Waals surface area (Å²) >= 11 is 0. The van der Waals surface area contributed by atoms with Gasteiger partial charge in [-0.2, -0.15) is 0 Å². The summed E-state index contributed by atoms with van der Waals surface area (Å²) in [4.78, 5) is 0. The van der Waals surface area contributed by atoms with Gasteiger partial charge in [0.05, 0.1) is 0 Å². The molecular weight excluding hydrogens is 85.8 g/mol. The third-order valence-corrected chi connectivity index (χ3v) is 0.425. The molecule has 0 aromatic carbocycles. The molecule has 0 saturated carbocycles. The fourth-order valence-corrected chi connectivity index (χ4v) is 0.0962. The van der Waals surface area contributed by atoms with Crippen molar-refractivity contribution >= 4 is 7.12 Å². The SMILES string of the molecule is C=CB([O-])OC.[Li+]. The molecule has 0 spiro atoms. The minimum atomic E-state index is -1.05. The van der Waals surface area contributed by atoms with Gasteiger partial charge in [0.25, 0.3) is 0 Å². The smallest absolute Gasteiger partial charge is 0.853 e. The molecule has 0 aliphatic rings. The van der Waals surface area contributed by atoms with Gasteiger partial charge in [0, 0.05) is 7.11 Å². The second kappa shape index (κ2) is 6.32. The van der Waals surface area contributed by atoms with Crippen LogP contribution in [0, 0.1) is 0 Å². The Balaban J connectivity index is 0. The minimum Gasteiger partial charge on any atom is -0.853 e. The Bertz CT molecular complexity index is 50.2. The van der Waals surface area contributed by atoms with Crippen LogP contribution in [0.4, 0.5) is 0 Å². The zero-order valence-electron chi connectivity index (χ0n) is 4.68. The van der Waals surface area contributed by atoms with Crippen molar-refractivity contribution in [2.75, 3.05) is 7.11 Å². The van der Waals surface area contributed by atoms with E-state index in [1.807, 2.05) is 0 Å². The van der Waals surface area contributed by atoms with Crippen molar-refractivity contribution in [2.45, 2.75) is 0 Å². The van der Waals surface area contributed by atoms with Gasteiger partial charge in [-0.05, 0) is 0 Å². The van der Waals surface area contributed by atoms with E-state index in [9.17, 15) is 5.02 Å². The summed E-state index contributed by atoms with van der Waals surface area (Å²) in [6.07, 6.45) is 0. The predicted molar refractivity (Wildman–Crippen MR) is 23.0 cm³/mol. The Morgan fingerprint density at radius 2 is 2.29 bits per heavy atom. The van der Waals surface area contributed by atoms with E-state index < -0.39 is 7.12 Å². The first-order valence-electron chi connectivity index (χ1n) is 1.62. The molecule has 0 aromatic rings. The summed E-state index contributed by atoms with van der Waals surface area (Å²) in [5.74, 6) is 1.19. The summed E-state index contributed by atoms with van der Waals surface area (Å²) in [6.45, 7) is 3.19. The van der Waals surface area contributed by atoms with Crippen LogP contribution in [0.2, 0.25) is 0 Å². The molecule has 0 saturated heterocycles.